The number of aliphatic imine (C=N–C) groups is 1. The lowest BCUT2D eigenvalue weighted by Gasteiger charge is -2.36. The van der Waals surface area contributed by atoms with Crippen molar-refractivity contribution in [3.05, 3.63) is 35.6 Å². The maximum absolute atomic E-state index is 13.1. The molecule has 27 heavy (non-hydrogen) atoms. The van der Waals surface area contributed by atoms with Gasteiger partial charge < -0.3 is 9.80 Å². The van der Waals surface area contributed by atoms with E-state index in [0.717, 1.165) is 43.0 Å². The molecule has 1 aromatic carbocycles. The van der Waals surface area contributed by atoms with Crippen LogP contribution in [0.1, 0.15) is 38.2 Å². The summed E-state index contributed by atoms with van der Waals surface area (Å²) in [7, 11) is 1.66. The van der Waals surface area contributed by atoms with E-state index < -0.39 is 18.2 Å². The smallest absolute Gasteiger partial charge is 0.325 e. The van der Waals surface area contributed by atoms with Gasteiger partial charge in [-0.15, -0.1) is 0 Å². The summed E-state index contributed by atoms with van der Waals surface area (Å²) in [6.07, 6.45) is 3.87. The molecule has 8 heteroatoms. The number of fused-ring (bicyclic) bond motifs is 1. The van der Waals surface area contributed by atoms with E-state index in [-0.39, 0.29) is 11.7 Å². The molecule has 3 rings (SSSR count). The Balaban J connectivity index is 1.73. The van der Waals surface area contributed by atoms with Crippen molar-refractivity contribution < 1.29 is 14.0 Å². The third kappa shape index (κ3) is 4.43. The zero-order valence-corrected chi connectivity index (χ0v) is 16.5. The molecule has 0 saturated carbocycles. The van der Waals surface area contributed by atoms with Crippen LogP contribution in [0.25, 0.3) is 0 Å². The Bertz CT molecular complexity index is 725. The first kappa shape index (κ1) is 19.7. The summed E-state index contributed by atoms with van der Waals surface area (Å²) in [5.41, 5.74) is 0.985. The number of unbranched alkanes of at least 4 members (excludes halogenated alkanes) is 3. The number of nitrogens with zero attached hydrogens (tertiary/aromatic N) is 3. The maximum Gasteiger partial charge on any atom is 0.325 e. The van der Waals surface area contributed by atoms with Gasteiger partial charge in [-0.1, -0.05) is 50.1 Å². The molecule has 0 aliphatic carbocycles. The Morgan fingerprint density at radius 2 is 1.93 bits per heavy atom. The number of imide groups is 1. The van der Waals surface area contributed by atoms with Crippen LogP contribution in [0.5, 0.6) is 0 Å². The fraction of sp³-hybridized carbons (Fsp3) is 0.526. The van der Waals surface area contributed by atoms with Crippen LogP contribution >= 0.6 is 11.8 Å². The number of hydrogen-bond acceptors (Lipinski definition) is 5. The van der Waals surface area contributed by atoms with Crippen LogP contribution in [0.2, 0.25) is 0 Å². The number of nitrogens with one attached hydrogen (secondary N) is 1. The lowest BCUT2D eigenvalue weighted by atomic mass is 10.1. The van der Waals surface area contributed by atoms with Gasteiger partial charge in [0, 0.05) is 19.3 Å². The lowest BCUT2D eigenvalue weighted by molar-refractivity contribution is -0.127. The SMILES string of the molecule is CCCCCCN1C(SCc2ccc(F)cc2)=NC2C1C(=O)NC(=O)N2C. The molecule has 2 aliphatic heterocycles. The highest BCUT2D eigenvalue weighted by molar-refractivity contribution is 8.13. The molecule has 146 valence electrons. The minimum absolute atomic E-state index is 0.262. The van der Waals surface area contributed by atoms with E-state index in [2.05, 4.69) is 17.2 Å². The number of urea groups is 1. The van der Waals surface area contributed by atoms with E-state index in [4.69, 9.17) is 0 Å². The second-order valence-electron chi connectivity index (χ2n) is 6.84. The number of rotatable bonds is 7. The molecule has 0 radical (unpaired) electrons. The maximum atomic E-state index is 13.1. The highest BCUT2D eigenvalue weighted by Crippen LogP contribution is 2.30. The molecule has 1 aromatic rings. The van der Waals surface area contributed by atoms with Crippen molar-refractivity contribution >= 4 is 28.9 Å². The number of hydrogen-bond donors (Lipinski definition) is 1. The Labute approximate surface area is 163 Å². The van der Waals surface area contributed by atoms with Crippen LogP contribution in [-0.4, -0.2) is 52.7 Å². The lowest BCUT2D eigenvalue weighted by Crippen LogP contribution is -2.63. The first-order valence-electron chi connectivity index (χ1n) is 9.30. The van der Waals surface area contributed by atoms with Crippen LogP contribution in [0.4, 0.5) is 9.18 Å². The van der Waals surface area contributed by atoms with Crippen molar-refractivity contribution in [2.24, 2.45) is 4.99 Å². The minimum atomic E-state index is -0.492. The number of amides is 3. The number of benzene rings is 1. The van der Waals surface area contributed by atoms with Gasteiger partial charge in [-0.3, -0.25) is 10.1 Å². The predicted molar refractivity (Wildman–Crippen MR) is 105 cm³/mol. The van der Waals surface area contributed by atoms with Crippen molar-refractivity contribution in [2.75, 3.05) is 13.6 Å². The third-order valence-corrected chi connectivity index (χ3v) is 5.93. The van der Waals surface area contributed by atoms with Crippen LogP contribution < -0.4 is 5.32 Å². The summed E-state index contributed by atoms with van der Waals surface area (Å²) in [6.45, 7) is 2.89. The first-order chi connectivity index (χ1) is 13.0. The van der Waals surface area contributed by atoms with Crippen molar-refractivity contribution in [2.45, 2.75) is 50.6 Å². The molecule has 2 unspecified atom stereocenters. The van der Waals surface area contributed by atoms with Gasteiger partial charge in [-0.25, -0.2) is 14.2 Å². The fourth-order valence-corrected chi connectivity index (χ4v) is 4.33. The highest BCUT2D eigenvalue weighted by Gasteiger charge is 2.48. The molecular weight excluding hydrogens is 367 g/mol. The second-order valence-corrected chi connectivity index (χ2v) is 7.79. The van der Waals surface area contributed by atoms with E-state index in [0.29, 0.717) is 5.75 Å². The van der Waals surface area contributed by atoms with Gasteiger partial charge in [0.25, 0.3) is 5.91 Å². The molecule has 0 aromatic heterocycles. The standard InChI is InChI=1S/C19H25FN4O2S/c1-3-4-5-6-11-24-15-16(23(2)18(26)22-17(15)25)21-19(24)27-12-13-7-9-14(20)10-8-13/h7-10,15-16H,3-6,11-12H2,1-2H3,(H,22,25,26). The number of carbonyl (C=O) groups is 2. The van der Waals surface area contributed by atoms with Crippen LogP contribution in [0.15, 0.2) is 29.3 Å². The average molecular weight is 393 g/mol. The summed E-state index contributed by atoms with van der Waals surface area (Å²) in [4.78, 5) is 32.6. The topological polar surface area (TPSA) is 65.0 Å². The second kappa shape index (κ2) is 8.73. The van der Waals surface area contributed by atoms with Gasteiger partial charge in [-0.2, -0.15) is 0 Å². The van der Waals surface area contributed by atoms with Gasteiger partial charge in [0.2, 0.25) is 0 Å². The quantitative estimate of drug-likeness (QED) is 0.724. The zero-order chi connectivity index (χ0) is 19.4. The average Bonchev–Trinajstić information content (AvgIpc) is 3.02. The number of halogens is 1. The van der Waals surface area contributed by atoms with Crippen LogP contribution in [0.3, 0.4) is 0 Å². The Morgan fingerprint density at radius 1 is 1.19 bits per heavy atom. The number of thioether (sulfide) groups is 1. The van der Waals surface area contributed by atoms with Crippen LogP contribution in [-0.2, 0) is 10.5 Å². The predicted octanol–water partition coefficient (Wildman–Crippen LogP) is 3.19. The van der Waals surface area contributed by atoms with Crippen molar-refractivity contribution in [1.82, 2.24) is 15.1 Å². The summed E-state index contributed by atoms with van der Waals surface area (Å²) in [6, 6.07) is 5.48. The normalized spacial score (nSPS) is 22.0. The van der Waals surface area contributed by atoms with E-state index in [1.54, 1.807) is 19.2 Å². The zero-order valence-electron chi connectivity index (χ0n) is 15.7. The summed E-state index contributed by atoms with van der Waals surface area (Å²) in [5.74, 6) is 0.0746. The molecule has 1 N–H and O–H groups in total. The fourth-order valence-electron chi connectivity index (χ4n) is 3.29. The Morgan fingerprint density at radius 3 is 2.63 bits per heavy atom. The van der Waals surface area contributed by atoms with E-state index in [9.17, 15) is 14.0 Å². The van der Waals surface area contributed by atoms with Gasteiger partial charge in [0.05, 0.1) is 0 Å². The van der Waals surface area contributed by atoms with Crippen molar-refractivity contribution in [3.63, 3.8) is 0 Å². The summed E-state index contributed by atoms with van der Waals surface area (Å²) >= 11 is 1.52. The Kier molecular flexibility index (Phi) is 6.36. The van der Waals surface area contributed by atoms with Crippen molar-refractivity contribution in [1.29, 1.82) is 0 Å². The van der Waals surface area contributed by atoms with Crippen molar-refractivity contribution in [3.8, 4) is 0 Å². The molecule has 2 aliphatic rings. The largest absolute Gasteiger partial charge is 0.336 e. The molecule has 2 heterocycles. The molecule has 0 bridgehead atoms. The van der Waals surface area contributed by atoms with E-state index >= 15 is 0 Å². The van der Waals surface area contributed by atoms with Gasteiger partial charge in [0.1, 0.15) is 5.82 Å². The van der Waals surface area contributed by atoms with Gasteiger partial charge >= 0.3 is 6.03 Å². The minimum Gasteiger partial charge on any atom is -0.336 e. The van der Waals surface area contributed by atoms with Gasteiger partial charge in [0.15, 0.2) is 17.4 Å². The number of amidine groups is 1. The first-order valence-corrected chi connectivity index (χ1v) is 10.3. The third-order valence-electron chi connectivity index (χ3n) is 4.86. The highest BCUT2D eigenvalue weighted by atomic mass is 32.2. The molecule has 2 atom stereocenters. The molecular formula is C19H25FN4O2S. The number of likely N-dealkylation sites (N-methyl/N-ethyl adjacent to an activating group) is 1. The number of carbonyl (C=O) groups excluding carboxylic acids is 2. The van der Waals surface area contributed by atoms with Gasteiger partial charge in [-0.05, 0) is 24.1 Å². The molecule has 3 amide bonds. The molecule has 1 fully saturated rings. The summed E-state index contributed by atoms with van der Waals surface area (Å²) in [5, 5.41) is 3.18. The summed E-state index contributed by atoms with van der Waals surface area (Å²) < 4.78 is 13.1. The molecule has 0 spiro atoms. The molecule has 6 nitrogen and oxygen atoms in total. The molecule has 1 saturated heterocycles. The van der Waals surface area contributed by atoms with E-state index in [1.165, 1.54) is 28.8 Å². The monoisotopic (exact) mass is 392 g/mol. The van der Waals surface area contributed by atoms with E-state index in [1.807, 2.05) is 4.90 Å². The Hall–Kier alpha value is -2.09. The van der Waals surface area contributed by atoms with Crippen LogP contribution in [0, 0.1) is 5.82 Å².